The number of ether oxygens (including phenoxy) is 1. The third kappa shape index (κ3) is 4.74. The molecule has 1 aromatic rings. The van der Waals surface area contributed by atoms with E-state index < -0.39 is 6.36 Å². The number of benzene rings is 1. The molecule has 2 rings (SSSR count). The van der Waals surface area contributed by atoms with Crippen LogP contribution in [0.3, 0.4) is 0 Å². The van der Waals surface area contributed by atoms with Crippen LogP contribution in [-0.2, 0) is 6.54 Å². The normalized spacial score (nSPS) is 16.8. The topological polar surface area (TPSA) is 21.3 Å². The quantitative estimate of drug-likeness (QED) is 0.879. The highest BCUT2D eigenvalue weighted by molar-refractivity contribution is 5.33. The van der Waals surface area contributed by atoms with Gasteiger partial charge in [0.15, 0.2) is 0 Å². The van der Waals surface area contributed by atoms with Crippen LogP contribution >= 0.6 is 0 Å². The zero-order valence-corrected chi connectivity index (χ0v) is 10.7. The molecule has 0 unspecified atom stereocenters. The summed E-state index contributed by atoms with van der Waals surface area (Å²) in [5, 5.41) is 3.22. The molecule has 0 saturated heterocycles. The lowest BCUT2D eigenvalue weighted by molar-refractivity contribution is -0.274. The number of hydrogen-bond acceptors (Lipinski definition) is 2. The highest BCUT2D eigenvalue weighted by atomic mass is 19.4. The molecule has 1 aliphatic carbocycles. The van der Waals surface area contributed by atoms with E-state index in [0.717, 1.165) is 6.54 Å². The third-order valence-electron chi connectivity index (χ3n) is 3.42. The van der Waals surface area contributed by atoms with Crippen molar-refractivity contribution in [2.75, 3.05) is 6.54 Å². The van der Waals surface area contributed by atoms with Crippen molar-refractivity contribution in [2.45, 2.75) is 38.6 Å². The van der Waals surface area contributed by atoms with Crippen molar-refractivity contribution >= 4 is 0 Å². The van der Waals surface area contributed by atoms with Gasteiger partial charge in [-0.05, 0) is 31.4 Å². The van der Waals surface area contributed by atoms with E-state index in [-0.39, 0.29) is 5.75 Å². The van der Waals surface area contributed by atoms with Crippen LogP contribution in [0.4, 0.5) is 13.2 Å². The second-order valence-electron chi connectivity index (χ2n) is 4.94. The highest BCUT2D eigenvalue weighted by Crippen LogP contribution is 2.27. The summed E-state index contributed by atoms with van der Waals surface area (Å²) in [6.07, 6.45) is 0.323. The van der Waals surface area contributed by atoms with Gasteiger partial charge < -0.3 is 10.1 Å². The van der Waals surface area contributed by atoms with Crippen molar-refractivity contribution in [1.29, 1.82) is 0 Å². The first-order valence-electron chi connectivity index (χ1n) is 6.59. The molecule has 106 valence electrons. The number of hydrogen-bond donors (Lipinski definition) is 1. The van der Waals surface area contributed by atoms with E-state index in [2.05, 4.69) is 10.1 Å². The molecule has 5 heteroatoms. The maximum atomic E-state index is 12.2. The summed E-state index contributed by atoms with van der Waals surface area (Å²) in [7, 11) is 0. The van der Waals surface area contributed by atoms with E-state index in [0.29, 0.717) is 18.0 Å². The maximum Gasteiger partial charge on any atom is 0.573 e. The van der Waals surface area contributed by atoms with E-state index in [9.17, 15) is 13.2 Å². The molecule has 0 bridgehead atoms. The fourth-order valence-electron chi connectivity index (χ4n) is 2.50. The van der Waals surface area contributed by atoms with Gasteiger partial charge in [0.1, 0.15) is 5.75 Å². The molecule has 0 aromatic heterocycles. The molecule has 0 atom stereocenters. The minimum absolute atomic E-state index is 0.117. The predicted molar refractivity (Wildman–Crippen MR) is 66.8 cm³/mol. The monoisotopic (exact) mass is 273 g/mol. The fraction of sp³-hybridized carbons (Fsp3) is 0.571. The van der Waals surface area contributed by atoms with E-state index in [1.165, 1.54) is 31.7 Å². The first kappa shape index (κ1) is 14.2. The molecule has 0 spiro atoms. The average Bonchev–Trinajstić information content (AvgIpc) is 2.82. The van der Waals surface area contributed by atoms with Gasteiger partial charge >= 0.3 is 6.36 Å². The van der Waals surface area contributed by atoms with Crippen LogP contribution < -0.4 is 10.1 Å². The van der Waals surface area contributed by atoms with E-state index in [4.69, 9.17) is 0 Å². The van der Waals surface area contributed by atoms with Crippen LogP contribution in [0.25, 0.3) is 0 Å². The molecule has 1 N–H and O–H groups in total. The van der Waals surface area contributed by atoms with Gasteiger partial charge in [0.25, 0.3) is 0 Å². The SMILES string of the molecule is FC(F)(F)Oc1ccccc1CNCC1CCCC1. The third-order valence-corrected chi connectivity index (χ3v) is 3.42. The molecule has 1 saturated carbocycles. The van der Waals surface area contributed by atoms with Crippen LogP contribution in [-0.4, -0.2) is 12.9 Å². The van der Waals surface area contributed by atoms with Crippen LogP contribution in [0.5, 0.6) is 5.75 Å². The lowest BCUT2D eigenvalue weighted by Gasteiger charge is -2.15. The number of rotatable bonds is 5. The molecule has 0 radical (unpaired) electrons. The fourth-order valence-corrected chi connectivity index (χ4v) is 2.50. The summed E-state index contributed by atoms with van der Waals surface area (Å²) in [5.74, 6) is 0.546. The predicted octanol–water partition coefficient (Wildman–Crippen LogP) is 3.87. The molecular weight excluding hydrogens is 255 g/mol. The van der Waals surface area contributed by atoms with Crippen LogP contribution in [0.1, 0.15) is 31.2 Å². The van der Waals surface area contributed by atoms with Gasteiger partial charge in [-0.1, -0.05) is 31.0 Å². The Morgan fingerprint density at radius 2 is 1.84 bits per heavy atom. The van der Waals surface area contributed by atoms with E-state index >= 15 is 0 Å². The van der Waals surface area contributed by atoms with Gasteiger partial charge in [0.05, 0.1) is 0 Å². The first-order valence-corrected chi connectivity index (χ1v) is 6.59. The summed E-state index contributed by atoms with van der Waals surface area (Å²) >= 11 is 0. The number of para-hydroxylation sites is 1. The smallest absolute Gasteiger partial charge is 0.405 e. The van der Waals surface area contributed by atoms with E-state index in [1.807, 2.05) is 0 Å². The van der Waals surface area contributed by atoms with Crippen molar-refractivity contribution in [2.24, 2.45) is 5.92 Å². The van der Waals surface area contributed by atoms with Gasteiger partial charge in [0, 0.05) is 12.1 Å². The Labute approximate surface area is 111 Å². The summed E-state index contributed by atoms with van der Waals surface area (Å²) in [6, 6.07) is 6.26. The molecule has 1 fully saturated rings. The molecule has 0 amide bonds. The van der Waals surface area contributed by atoms with Crippen molar-refractivity contribution in [3.8, 4) is 5.75 Å². The van der Waals surface area contributed by atoms with Gasteiger partial charge in [0.2, 0.25) is 0 Å². The first-order chi connectivity index (χ1) is 9.04. The minimum Gasteiger partial charge on any atom is -0.405 e. The van der Waals surface area contributed by atoms with Crippen LogP contribution in [0, 0.1) is 5.92 Å². The van der Waals surface area contributed by atoms with Gasteiger partial charge in [-0.15, -0.1) is 13.2 Å². The average molecular weight is 273 g/mol. The molecular formula is C14H18F3NO. The van der Waals surface area contributed by atoms with Crippen LogP contribution in [0.2, 0.25) is 0 Å². The highest BCUT2D eigenvalue weighted by Gasteiger charge is 2.31. The minimum atomic E-state index is -4.64. The summed E-state index contributed by atoms with van der Waals surface area (Å²) in [6.45, 7) is 1.27. The van der Waals surface area contributed by atoms with Gasteiger partial charge in [-0.3, -0.25) is 0 Å². The summed E-state index contributed by atoms with van der Waals surface area (Å²) < 4.78 is 40.8. The lowest BCUT2D eigenvalue weighted by Crippen LogP contribution is -2.23. The Morgan fingerprint density at radius 3 is 2.53 bits per heavy atom. The number of nitrogens with one attached hydrogen (secondary N) is 1. The lowest BCUT2D eigenvalue weighted by atomic mass is 10.1. The van der Waals surface area contributed by atoms with E-state index in [1.54, 1.807) is 18.2 Å². The second kappa shape index (κ2) is 6.28. The maximum absolute atomic E-state index is 12.2. The second-order valence-corrected chi connectivity index (χ2v) is 4.94. The molecule has 0 aliphatic heterocycles. The molecule has 19 heavy (non-hydrogen) atoms. The van der Waals surface area contributed by atoms with Crippen molar-refractivity contribution < 1.29 is 17.9 Å². The molecule has 1 aromatic carbocycles. The summed E-state index contributed by atoms with van der Waals surface area (Å²) in [5.41, 5.74) is 0.540. The number of alkyl halides is 3. The molecule has 1 aliphatic rings. The Bertz CT molecular complexity index is 400. The molecule has 0 heterocycles. The summed E-state index contributed by atoms with van der Waals surface area (Å²) in [4.78, 5) is 0. The largest absolute Gasteiger partial charge is 0.573 e. The Morgan fingerprint density at radius 1 is 1.16 bits per heavy atom. The zero-order valence-electron chi connectivity index (χ0n) is 10.7. The van der Waals surface area contributed by atoms with Gasteiger partial charge in [-0.2, -0.15) is 0 Å². The van der Waals surface area contributed by atoms with Gasteiger partial charge in [-0.25, -0.2) is 0 Å². The standard InChI is InChI=1S/C14H18F3NO/c15-14(16,17)19-13-8-4-3-7-12(13)10-18-9-11-5-1-2-6-11/h3-4,7-8,11,18H,1-2,5-6,9-10H2. The van der Waals surface area contributed by atoms with Crippen LogP contribution in [0.15, 0.2) is 24.3 Å². The van der Waals surface area contributed by atoms with Crippen molar-refractivity contribution in [3.63, 3.8) is 0 Å². The zero-order chi connectivity index (χ0) is 13.7. The Balaban J connectivity index is 1.88. The van der Waals surface area contributed by atoms with Crippen molar-refractivity contribution in [3.05, 3.63) is 29.8 Å². The molecule has 2 nitrogen and oxygen atoms in total. The Kier molecular flexibility index (Phi) is 4.69. The Hall–Kier alpha value is -1.23. The number of halogens is 3. The van der Waals surface area contributed by atoms with Crippen molar-refractivity contribution in [1.82, 2.24) is 5.32 Å².